The second-order valence-corrected chi connectivity index (χ2v) is 10.0. The van der Waals surface area contributed by atoms with Crippen molar-refractivity contribution in [3.63, 3.8) is 0 Å². The van der Waals surface area contributed by atoms with Crippen molar-refractivity contribution in [2.75, 3.05) is 11.9 Å². The van der Waals surface area contributed by atoms with Gasteiger partial charge in [0.2, 0.25) is 16.0 Å². The first kappa shape index (κ1) is 22.3. The largest absolute Gasteiger partial charge is 0.489 e. The predicted octanol–water partition coefficient (Wildman–Crippen LogP) is 2.34. The molecule has 0 amide bonds. The van der Waals surface area contributed by atoms with Crippen molar-refractivity contribution in [1.82, 2.24) is 29.5 Å². The first-order chi connectivity index (χ1) is 16.3. The van der Waals surface area contributed by atoms with Gasteiger partial charge in [0.15, 0.2) is 11.4 Å². The maximum atomic E-state index is 12.7. The molecule has 34 heavy (non-hydrogen) atoms. The van der Waals surface area contributed by atoms with E-state index in [0.29, 0.717) is 42.5 Å². The maximum absolute atomic E-state index is 12.7. The molecule has 5 N–H and O–H groups in total. The third-order valence-corrected chi connectivity index (χ3v) is 7.33. The van der Waals surface area contributed by atoms with Crippen LogP contribution in [0, 0.1) is 6.92 Å². The van der Waals surface area contributed by atoms with E-state index in [1.807, 2.05) is 19.9 Å². The maximum Gasteiger partial charge on any atom is 0.247 e. The van der Waals surface area contributed by atoms with Gasteiger partial charge in [0.05, 0.1) is 17.7 Å². The number of aromatic nitrogens is 5. The second kappa shape index (κ2) is 8.70. The smallest absolute Gasteiger partial charge is 0.247 e. The molecule has 0 unspecified atom stereocenters. The molecule has 12 heteroatoms. The number of ether oxygens (including phenoxy) is 1. The molecule has 11 nitrogen and oxygen atoms in total. The molecule has 1 fully saturated rings. The van der Waals surface area contributed by atoms with Gasteiger partial charge >= 0.3 is 0 Å². The van der Waals surface area contributed by atoms with E-state index >= 15 is 0 Å². The number of benzene rings is 1. The van der Waals surface area contributed by atoms with E-state index in [1.54, 1.807) is 41.3 Å². The second-order valence-electron chi connectivity index (χ2n) is 8.33. The molecule has 1 saturated carbocycles. The van der Waals surface area contributed by atoms with Crippen molar-refractivity contribution in [2.24, 2.45) is 5.73 Å². The lowest BCUT2D eigenvalue weighted by molar-refractivity contribution is 0.327. The van der Waals surface area contributed by atoms with Gasteiger partial charge in [-0.1, -0.05) is 0 Å². The van der Waals surface area contributed by atoms with Crippen molar-refractivity contribution >= 4 is 27.3 Å². The number of pyridine rings is 1. The number of H-pyrrole nitrogens is 1. The summed E-state index contributed by atoms with van der Waals surface area (Å²) in [5.41, 5.74) is 9.51. The van der Waals surface area contributed by atoms with Gasteiger partial charge in [-0.2, -0.15) is 10.1 Å². The number of nitrogens with two attached hydrogens (primary N) is 1. The number of rotatable bonds is 8. The van der Waals surface area contributed by atoms with E-state index in [0.717, 1.165) is 16.7 Å². The van der Waals surface area contributed by atoms with Crippen molar-refractivity contribution in [1.29, 1.82) is 0 Å². The van der Waals surface area contributed by atoms with E-state index in [1.165, 1.54) is 0 Å². The molecule has 3 heterocycles. The van der Waals surface area contributed by atoms with Crippen LogP contribution in [0.15, 0.2) is 47.8 Å². The Kier molecular flexibility index (Phi) is 5.71. The first-order valence-corrected chi connectivity index (χ1v) is 12.5. The Morgan fingerprint density at radius 2 is 2.12 bits per heavy atom. The minimum Gasteiger partial charge on any atom is -0.489 e. The lowest BCUT2D eigenvalue weighted by Crippen LogP contribution is -2.50. The molecule has 1 aliphatic carbocycles. The van der Waals surface area contributed by atoms with Crippen LogP contribution in [-0.4, -0.2) is 51.9 Å². The Bertz CT molecular complexity index is 1430. The molecule has 5 rings (SSSR count). The van der Waals surface area contributed by atoms with Gasteiger partial charge in [-0.05, 0) is 56.5 Å². The zero-order valence-electron chi connectivity index (χ0n) is 18.8. The fourth-order valence-corrected chi connectivity index (χ4v) is 5.34. The van der Waals surface area contributed by atoms with Crippen LogP contribution in [0.25, 0.3) is 16.8 Å². The molecule has 0 radical (unpaired) electrons. The van der Waals surface area contributed by atoms with Crippen LogP contribution in [0.1, 0.15) is 25.3 Å². The van der Waals surface area contributed by atoms with Crippen molar-refractivity contribution in [2.45, 2.75) is 43.7 Å². The van der Waals surface area contributed by atoms with Gasteiger partial charge < -0.3 is 15.8 Å². The molecular weight excluding hydrogens is 456 g/mol. The number of nitrogens with one attached hydrogen (secondary N) is 3. The molecule has 1 aromatic carbocycles. The molecule has 3 aromatic heterocycles. The average molecular weight is 483 g/mol. The summed E-state index contributed by atoms with van der Waals surface area (Å²) >= 11 is 0. The highest BCUT2D eigenvalue weighted by molar-refractivity contribution is 7.89. The summed E-state index contributed by atoms with van der Waals surface area (Å²) in [5.74, 6) is 0.970. The van der Waals surface area contributed by atoms with Gasteiger partial charge in [-0.3, -0.25) is 5.10 Å². The molecule has 0 atom stereocenters. The highest BCUT2D eigenvalue weighted by atomic mass is 32.2. The minimum absolute atomic E-state index is 0.0675. The van der Waals surface area contributed by atoms with Gasteiger partial charge in [0.1, 0.15) is 0 Å². The van der Waals surface area contributed by atoms with Crippen LogP contribution < -0.4 is 20.5 Å². The molecule has 0 saturated heterocycles. The number of aryl methyl sites for hydroxylation is 1. The summed E-state index contributed by atoms with van der Waals surface area (Å²) in [4.78, 5) is 4.83. The summed E-state index contributed by atoms with van der Waals surface area (Å²) in [6, 6.07) is 6.76. The fraction of sp³-hybridized carbons (Fsp3) is 0.318. The highest BCUT2D eigenvalue weighted by Gasteiger charge is 2.30. The number of hydrogen-bond donors (Lipinski definition) is 4. The van der Waals surface area contributed by atoms with Gasteiger partial charge in [0.25, 0.3) is 0 Å². The summed E-state index contributed by atoms with van der Waals surface area (Å²) in [6.45, 7) is 4.21. The number of fused-ring (bicyclic) bond motifs is 1. The summed E-state index contributed by atoms with van der Waals surface area (Å²) in [7, 11) is -3.61. The number of anilines is 2. The van der Waals surface area contributed by atoms with Crippen molar-refractivity contribution in [3.8, 4) is 16.9 Å². The van der Waals surface area contributed by atoms with E-state index in [-0.39, 0.29) is 17.0 Å². The average Bonchev–Trinajstić information content (AvgIpc) is 3.44. The van der Waals surface area contributed by atoms with Crippen LogP contribution in [0.2, 0.25) is 0 Å². The van der Waals surface area contributed by atoms with Crippen LogP contribution in [0.3, 0.4) is 0 Å². The molecule has 178 valence electrons. The van der Waals surface area contributed by atoms with Crippen LogP contribution in [0.5, 0.6) is 5.75 Å². The number of nitrogens with zero attached hydrogens (tertiary/aromatic N) is 4. The summed E-state index contributed by atoms with van der Waals surface area (Å²) in [6.07, 6.45) is 6.62. The SMILES string of the molecule is CCOc1c(-c2cn[nH]c2)ccn2nc(Nc3ccc(S(=O)(=O)NC4CC(N)C4)cc3C)nc12. The first-order valence-electron chi connectivity index (χ1n) is 11.0. The number of sulfonamides is 1. The Morgan fingerprint density at radius 3 is 2.79 bits per heavy atom. The van der Waals surface area contributed by atoms with Crippen LogP contribution in [0.4, 0.5) is 11.6 Å². The van der Waals surface area contributed by atoms with Gasteiger partial charge in [0, 0.05) is 41.3 Å². The number of aromatic amines is 1. The van der Waals surface area contributed by atoms with Gasteiger partial charge in [-0.15, -0.1) is 5.10 Å². The third-order valence-electron chi connectivity index (χ3n) is 5.81. The molecular formula is C22H26N8O3S. The van der Waals surface area contributed by atoms with Gasteiger partial charge in [-0.25, -0.2) is 17.7 Å². The Labute approximate surface area is 196 Å². The molecule has 4 aromatic rings. The van der Waals surface area contributed by atoms with Crippen molar-refractivity contribution < 1.29 is 13.2 Å². The minimum atomic E-state index is -3.61. The quantitative estimate of drug-likeness (QED) is 0.299. The highest BCUT2D eigenvalue weighted by Crippen LogP contribution is 2.33. The van der Waals surface area contributed by atoms with E-state index in [9.17, 15) is 8.42 Å². The molecule has 0 spiro atoms. The zero-order chi connectivity index (χ0) is 23.9. The molecule has 0 aliphatic heterocycles. The molecule has 0 bridgehead atoms. The van der Waals surface area contributed by atoms with Crippen LogP contribution >= 0.6 is 0 Å². The zero-order valence-corrected chi connectivity index (χ0v) is 19.6. The number of hydrogen-bond acceptors (Lipinski definition) is 8. The predicted molar refractivity (Wildman–Crippen MR) is 128 cm³/mol. The summed E-state index contributed by atoms with van der Waals surface area (Å²) < 4.78 is 35.6. The molecule has 1 aliphatic rings. The fourth-order valence-electron chi connectivity index (χ4n) is 4.00. The standard InChI is InChI=1S/C22H26N8O3S/c1-3-33-20-18(14-11-24-25-12-14)6-7-30-21(20)27-22(28-30)26-19-5-4-17(8-13(19)2)34(31,32)29-16-9-15(23)10-16/h4-8,11-12,15-16,29H,3,9-10,23H2,1-2H3,(H,24,25)(H,26,28). The monoisotopic (exact) mass is 482 g/mol. The summed E-state index contributed by atoms with van der Waals surface area (Å²) in [5, 5.41) is 14.5. The normalized spacial score (nSPS) is 18.1. The van der Waals surface area contributed by atoms with E-state index in [2.05, 4.69) is 30.3 Å². The topological polar surface area (TPSA) is 152 Å². The lowest BCUT2D eigenvalue weighted by atomic mass is 9.89. The van der Waals surface area contributed by atoms with Crippen molar-refractivity contribution in [3.05, 3.63) is 48.4 Å². The Balaban J connectivity index is 1.41. The Hall–Kier alpha value is -3.48. The van der Waals surface area contributed by atoms with E-state index < -0.39 is 10.0 Å². The third kappa shape index (κ3) is 4.22. The Morgan fingerprint density at radius 1 is 1.29 bits per heavy atom. The van der Waals surface area contributed by atoms with Crippen LogP contribution in [-0.2, 0) is 10.0 Å². The lowest BCUT2D eigenvalue weighted by Gasteiger charge is -2.32. The van der Waals surface area contributed by atoms with E-state index in [4.69, 9.17) is 10.5 Å².